The summed E-state index contributed by atoms with van der Waals surface area (Å²) in [6.07, 6.45) is 1.78. The standard InChI is InChI=1S/C16H18N4O4/c1-4-24-15(22)13-9(2)19-16(18-8-17)20-14(13)10-5-6-11(21)12(7-10)23-3/h5-7,14,21H,4H2,1-3H3,(H2,18,19,20)/t14-/m0/s1. The summed E-state index contributed by atoms with van der Waals surface area (Å²) in [5.74, 6) is -0.0378. The molecule has 0 fully saturated rings. The third-order valence-corrected chi connectivity index (χ3v) is 3.43. The molecule has 0 aliphatic carbocycles. The molecular formula is C16H18N4O4. The van der Waals surface area contributed by atoms with Crippen LogP contribution in [0.25, 0.3) is 0 Å². The van der Waals surface area contributed by atoms with Gasteiger partial charge >= 0.3 is 5.97 Å². The number of allylic oxidation sites excluding steroid dienone is 1. The van der Waals surface area contributed by atoms with Crippen LogP contribution in [-0.4, -0.2) is 30.8 Å². The summed E-state index contributed by atoms with van der Waals surface area (Å²) in [5.41, 5.74) is 1.47. The Kier molecular flexibility index (Phi) is 5.27. The molecule has 0 aromatic heterocycles. The fraction of sp³-hybridized carbons (Fsp3) is 0.312. The van der Waals surface area contributed by atoms with E-state index in [1.807, 2.05) is 0 Å². The van der Waals surface area contributed by atoms with E-state index in [0.29, 0.717) is 16.8 Å². The highest BCUT2D eigenvalue weighted by atomic mass is 16.5. The lowest BCUT2D eigenvalue weighted by molar-refractivity contribution is -0.138. The Hall–Kier alpha value is -3.21. The molecule has 0 saturated carbocycles. The SMILES string of the molecule is CCOC(=O)C1=C(C)NC(NC#N)=N[C@H]1c1ccc(O)c(OC)c1. The van der Waals surface area contributed by atoms with Crippen LogP contribution in [0.5, 0.6) is 11.5 Å². The van der Waals surface area contributed by atoms with Gasteiger partial charge in [0.2, 0.25) is 5.96 Å². The van der Waals surface area contributed by atoms with Crippen LogP contribution in [0.3, 0.4) is 0 Å². The first-order valence-electron chi connectivity index (χ1n) is 7.26. The van der Waals surface area contributed by atoms with E-state index in [9.17, 15) is 9.90 Å². The molecule has 1 aliphatic heterocycles. The molecule has 0 saturated heterocycles. The van der Waals surface area contributed by atoms with Gasteiger partial charge in [-0.15, -0.1) is 0 Å². The van der Waals surface area contributed by atoms with E-state index >= 15 is 0 Å². The normalized spacial score (nSPS) is 16.6. The summed E-state index contributed by atoms with van der Waals surface area (Å²) in [6.45, 7) is 3.65. The van der Waals surface area contributed by atoms with Gasteiger partial charge < -0.3 is 19.9 Å². The summed E-state index contributed by atoms with van der Waals surface area (Å²) >= 11 is 0. The average Bonchev–Trinajstić information content (AvgIpc) is 2.55. The van der Waals surface area contributed by atoms with Gasteiger partial charge in [0.1, 0.15) is 6.04 Å². The van der Waals surface area contributed by atoms with Gasteiger partial charge in [0.15, 0.2) is 17.7 Å². The maximum Gasteiger partial charge on any atom is 0.338 e. The van der Waals surface area contributed by atoms with E-state index in [-0.39, 0.29) is 24.1 Å². The fourth-order valence-corrected chi connectivity index (χ4v) is 2.37. The number of phenols is 1. The van der Waals surface area contributed by atoms with Gasteiger partial charge in [-0.05, 0) is 31.5 Å². The number of phenolic OH excluding ortho intramolecular Hbond substituents is 1. The van der Waals surface area contributed by atoms with Crippen molar-refractivity contribution in [3.8, 4) is 17.7 Å². The molecule has 0 radical (unpaired) electrons. The molecule has 0 unspecified atom stereocenters. The quantitative estimate of drug-likeness (QED) is 0.433. The van der Waals surface area contributed by atoms with Gasteiger partial charge in [-0.3, -0.25) is 5.32 Å². The van der Waals surface area contributed by atoms with Crippen LogP contribution in [0.4, 0.5) is 0 Å². The number of nitrogens with one attached hydrogen (secondary N) is 2. The highest BCUT2D eigenvalue weighted by molar-refractivity contribution is 5.95. The van der Waals surface area contributed by atoms with E-state index in [2.05, 4.69) is 15.6 Å². The van der Waals surface area contributed by atoms with E-state index in [0.717, 1.165) is 0 Å². The molecule has 1 atom stereocenters. The molecule has 0 bridgehead atoms. The van der Waals surface area contributed by atoms with Crippen molar-refractivity contribution in [2.24, 2.45) is 4.99 Å². The molecule has 3 N–H and O–H groups in total. The second kappa shape index (κ2) is 7.37. The first-order valence-corrected chi connectivity index (χ1v) is 7.26. The predicted octanol–water partition coefficient (Wildman–Crippen LogP) is 1.31. The molecule has 8 heteroatoms. The van der Waals surface area contributed by atoms with Crippen LogP contribution in [0, 0.1) is 11.5 Å². The highest BCUT2D eigenvalue weighted by Gasteiger charge is 2.30. The van der Waals surface area contributed by atoms with Gasteiger partial charge in [-0.2, -0.15) is 5.26 Å². The highest BCUT2D eigenvalue weighted by Crippen LogP contribution is 2.35. The Balaban J connectivity index is 2.52. The lowest BCUT2D eigenvalue weighted by Crippen LogP contribution is -2.39. The zero-order valence-corrected chi connectivity index (χ0v) is 13.6. The summed E-state index contributed by atoms with van der Waals surface area (Å²) in [6, 6.07) is 3.98. The number of aliphatic imine (C=N–C) groups is 1. The molecule has 0 spiro atoms. The molecule has 1 aromatic carbocycles. The topological polar surface area (TPSA) is 116 Å². The number of hydrogen-bond donors (Lipinski definition) is 3. The van der Waals surface area contributed by atoms with Crippen LogP contribution in [0.15, 0.2) is 34.5 Å². The molecule has 1 aromatic rings. The molecule has 2 rings (SSSR count). The monoisotopic (exact) mass is 330 g/mol. The predicted molar refractivity (Wildman–Crippen MR) is 86.1 cm³/mol. The Morgan fingerprint density at radius 2 is 2.29 bits per heavy atom. The lowest BCUT2D eigenvalue weighted by atomic mass is 9.96. The van der Waals surface area contributed by atoms with Crippen molar-refractivity contribution in [2.45, 2.75) is 19.9 Å². The van der Waals surface area contributed by atoms with Crippen LogP contribution in [0.1, 0.15) is 25.5 Å². The van der Waals surface area contributed by atoms with Crippen LogP contribution < -0.4 is 15.4 Å². The number of ether oxygens (including phenoxy) is 2. The lowest BCUT2D eigenvalue weighted by Gasteiger charge is -2.25. The Morgan fingerprint density at radius 1 is 1.54 bits per heavy atom. The Morgan fingerprint density at radius 3 is 2.92 bits per heavy atom. The number of nitriles is 1. The van der Waals surface area contributed by atoms with Crippen molar-refractivity contribution in [1.29, 1.82) is 5.26 Å². The van der Waals surface area contributed by atoms with Crippen molar-refractivity contribution < 1.29 is 19.4 Å². The fourth-order valence-electron chi connectivity index (χ4n) is 2.37. The van der Waals surface area contributed by atoms with E-state index in [4.69, 9.17) is 14.7 Å². The Labute approximate surface area is 139 Å². The first-order chi connectivity index (χ1) is 11.5. The van der Waals surface area contributed by atoms with Gasteiger partial charge in [0.25, 0.3) is 0 Å². The third kappa shape index (κ3) is 3.41. The van der Waals surface area contributed by atoms with Gasteiger partial charge in [0.05, 0.1) is 19.3 Å². The van der Waals surface area contributed by atoms with Crippen molar-refractivity contribution in [3.63, 3.8) is 0 Å². The minimum atomic E-state index is -0.698. The average molecular weight is 330 g/mol. The van der Waals surface area contributed by atoms with Crippen molar-refractivity contribution in [2.75, 3.05) is 13.7 Å². The number of rotatable bonds is 4. The number of hydrogen-bond acceptors (Lipinski definition) is 8. The molecule has 126 valence electrons. The molecular weight excluding hydrogens is 312 g/mol. The number of carbonyl (C=O) groups excluding carboxylic acids is 1. The minimum Gasteiger partial charge on any atom is -0.504 e. The zero-order valence-electron chi connectivity index (χ0n) is 13.6. The van der Waals surface area contributed by atoms with Crippen molar-refractivity contribution >= 4 is 11.9 Å². The molecule has 1 heterocycles. The number of benzene rings is 1. The van der Waals surface area contributed by atoms with Gasteiger partial charge in [-0.1, -0.05) is 6.07 Å². The van der Waals surface area contributed by atoms with Crippen LogP contribution >= 0.6 is 0 Å². The summed E-state index contributed by atoms with van der Waals surface area (Å²) in [4.78, 5) is 16.7. The number of carbonyl (C=O) groups is 1. The summed E-state index contributed by atoms with van der Waals surface area (Å²) < 4.78 is 10.2. The number of esters is 1. The van der Waals surface area contributed by atoms with E-state index in [1.165, 1.54) is 13.2 Å². The smallest absolute Gasteiger partial charge is 0.338 e. The van der Waals surface area contributed by atoms with Gasteiger partial charge in [-0.25, -0.2) is 9.79 Å². The van der Waals surface area contributed by atoms with E-state index in [1.54, 1.807) is 32.2 Å². The molecule has 0 amide bonds. The molecule has 24 heavy (non-hydrogen) atoms. The number of nitrogens with zero attached hydrogens (tertiary/aromatic N) is 2. The van der Waals surface area contributed by atoms with Gasteiger partial charge in [0, 0.05) is 5.70 Å². The number of methoxy groups -OCH3 is 1. The second-order valence-electron chi connectivity index (χ2n) is 4.93. The zero-order chi connectivity index (χ0) is 17.7. The third-order valence-electron chi connectivity index (χ3n) is 3.43. The second-order valence-corrected chi connectivity index (χ2v) is 4.93. The van der Waals surface area contributed by atoms with E-state index < -0.39 is 12.0 Å². The maximum atomic E-state index is 12.3. The largest absolute Gasteiger partial charge is 0.504 e. The number of guanidine groups is 1. The van der Waals surface area contributed by atoms with Crippen molar-refractivity contribution in [1.82, 2.24) is 10.6 Å². The van der Waals surface area contributed by atoms with Crippen molar-refractivity contribution in [3.05, 3.63) is 35.0 Å². The molecule has 1 aliphatic rings. The van der Waals surface area contributed by atoms with Crippen LogP contribution in [-0.2, 0) is 9.53 Å². The Bertz CT molecular complexity index is 749. The molecule has 8 nitrogen and oxygen atoms in total. The summed E-state index contributed by atoms with van der Waals surface area (Å²) in [7, 11) is 1.43. The first kappa shape index (κ1) is 17.1. The minimum absolute atomic E-state index is 0.0204. The maximum absolute atomic E-state index is 12.3. The number of aromatic hydroxyl groups is 1. The van der Waals surface area contributed by atoms with Crippen LogP contribution in [0.2, 0.25) is 0 Å². The summed E-state index contributed by atoms with van der Waals surface area (Å²) in [5, 5.41) is 23.8.